The Hall–Kier alpha value is -2.13. The first-order valence-corrected chi connectivity index (χ1v) is 9.42. The van der Waals surface area contributed by atoms with Crippen LogP contribution in [0.15, 0.2) is 23.3 Å². The Morgan fingerprint density at radius 3 is 2.71 bits per heavy atom. The predicted molar refractivity (Wildman–Crippen MR) is 89.5 cm³/mol. The van der Waals surface area contributed by atoms with Gasteiger partial charge in [-0.3, -0.25) is 9.69 Å². The summed E-state index contributed by atoms with van der Waals surface area (Å²) in [5, 5.41) is 0.433. The minimum atomic E-state index is -2.88. The molecule has 130 valence electrons. The Morgan fingerprint density at radius 2 is 2.00 bits per heavy atom. The quantitative estimate of drug-likeness (QED) is 0.810. The van der Waals surface area contributed by atoms with E-state index in [0.717, 1.165) is 0 Å². The number of benzene rings is 1. The monoisotopic (exact) mass is 353 g/mol. The van der Waals surface area contributed by atoms with Gasteiger partial charge in [0.25, 0.3) is 5.56 Å². The van der Waals surface area contributed by atoms with Gasteiger partial charge in [0, 0.05) is 25.7 Å². The molecule has 24 heavy (non-hydrogen) atoms. The number of fused-ring (bicyclic) bond motifs is 1. The first-order valence-electron chi connectivity index (χ1n) is 7.59. The molecule has 2 heterocycles. The van der Waals surface area contributed by atoms with Gasteiger partial charge < -0.3 is 14.5 Å². The van der Waals surface area contributed by atoms with Crippen LogP contribution in [0.4, 0.5) is 0 Å². The molecule has 0 aliphatic carbocycles. The van der Waals surface area contributed by atoms with Crippen LogP contribution in [0.25, 0.3) is 10.9 Å². The fourth-order valence-electron chi connectivity index (χ4n) is 2.61. The average Bonchev–Trinajstić information content (AvgIpc) is 2.56. The Morgan fingerprint density at radius 1 is 1.25 bits per heavy atom. The van der Waals surface area contributed by atoms with Crippen molar-refractivity contribution in [3.8, 4) is 11.5 Å². The van der Waals surface area contributed by atoms with Gasteiger partial charge in [0.2, 0.25) is 0 Å². The predicted octanol–water partition coefficient (Wildman–Crippen LogP) is 0.0409. The number of aromatic nitrogens is 2. The van der Waals surface area contributed by atoms with Crippen molar-refractivity contribution < 1.29 is 17.9 Å². The van der Waals surface area contributed by atoms with Crippen molar-refractivity contribution in [2.75, 3.05) is 44.9 Å². The minimum Gasteiger partial charge on any atom is -0.493 e. The Labute approximate surface area is 139 Å². The van der Waals surface area contributed by atoms with Gasteiger partial charge in [0.15, 0.2) is 21.3 Å². The largest absolute Gasteiger partial charge is 0.493 e. The van der Waals surface area contributed by atoms with Crippen LogP contribution in [0.2, 0.25) is 0 Å². The molecule has 1 aromatic carbocycles. The summed E-state index contributed by atoms with van der Waals surface area (Å²) in [6.45, 7) is 2.07. The SMILES string of the molecule is COc1cc2c(=O)[nH]cnc2cc1OCCN1CCS(=O)(=O)CC1. The Balaban J connectivity index is 1.68. The van der Waals surface area contributed by atoms with Crippen LogP contribution < -0.4 is 15.0 Å². The van der Waals surface area contributed by atoms with Crippen LogP contribution in [0.1, 0.15) is 0 Å². The summed E-state index contributed by atoms with van der Waals surface area (Å²) >= 11 is 0. The third-order valence-corrected chi connectivity index (χ3v) is 5.64. The summed E-state index contributed by atoms with van der Waals surface area (Å²) in [4.78, 5) is 20.5. The normalized spacial score (nSPS) is 17.7. The molecule has 1 aromatic heterocycles. The van der Waals surface area contributed by atoms with Gasteiger partial charge in [-0.05, 0) is 6.07 Å². The third kappa shape index (κ3) is 3.68. The van der Waals surface area contributed by atoms with Crippen LogP contribution in [-0.4, -0.2) is 68.1 Å². The number of sulfone groups is 1. The molecule has 1 N–H and O–H groups in total. The number of ether oxygens (including phenoxy) is 2. The highest BCUT2D eigenvalue weighted by Gasteiger charge is 2.21. The number of rotatable bonds is 5. The first-order chi connectivity index (χ1) is 11.5. The van der Waals surface area contributed by atoms with Crippen LogP contribution in [-0.2, 0) is 9.84 Å². The zero-order valence-corrected chi connectivity index (χ0v) is 14.1. The standard InChI is InChI=1S/C15H19N3O5S/c1-22-13-8-11-12(16-10-17-15(11)19)9-14(13)23-5-2-18-3-6-24(20,21)7-4-18/h8-10H,2-7H2,1H3,(H,16,17,19). The van der Waals surface area contributed by atoms with E-state index >= 15 is 0 Å². The molecule has 1 saturated heterocycles. The molecule has 1 aliphatic heterocycles. The van der Waals surface area contributed by atoms with Gasteiger partial charge in [0.05, 0.1) is 35.8 Å². The van der Waals surface area contributed by atoms with Gasteiger partial charge in [-0.25, -0.2) is 13.4 Å². The lowest BCUT2D eigenvalue weighted by atomic mass is 10.2. The number of hydrogen-bond acceptors (Lipinski definition) is 7. The molecule has 9 heteroatoms. The Kier molecular flexibility index (Phi) is 4.72. The second-order valence-corrected chi connectivity index (χ2v) is 7.90. The number of nitrogens with one attached hydrogen (secondary N) is 1. The maximum Gasteiger partial charge on any atom is 0.258 e. The molecule has 8 nitrogen and oxygen atoms in total. The average molecular weight is 353 g/mol. The van der Waals surface area contributed by atoms with Gasteiger partial charge in [0.1, 0.15) is 6.61 Å². The van der Waals surface area contributed by atoms with E-state index < -0.39 is 9.84 Å². The van der Waals surface area contributed by atoms with Gasteiger partial charge in [-0.1, -0.05) is 0 Å². The van der Waals surface area contributed by atoms with Crippen molar-refractivity contribution in [2.24, 2.45) is 0 Å². The van der Waals surface area contributed by atoms with Crippen LogP contribution in [0.3, 0.4) is 0 Å². The topological polar surface area (TPSA) is 102 Å². The van der Waals surface area contributed by atoms with E-state index in [0.29, 0.717) is 48.6 Å². The smallest absolute Gasteiger partial charge is 0.258 e. The molecule has 2 aromatic rings. The molecule has 0 amide bonds. The number of aromatic amines is 1. The van der Waals surface area contributed by atoms with Crippen molar-refractivity contribution in [2.45, 2.75) is 0 Å². The lowest BCUT2D eigenvalue weighted by molar-refractivity contribution is 0.214. The zero-order chi connectivity index (χ0) is 17.2. The van der Waals surface area contributed by atoms with E-state index in [1.165, 1.54) is 13.4 Å². The van der Waals surface area contributed by atoms with Gasteiger partial charge in [-0.2, -0.15) is 0 Å². The van der Waals surface area contributed by atoms with Crippen molar-refractivity contribution in [1.82, 2.24) is 14.9 Å². The molecule has 0 saturated carbocycles. The van der Waals surface area contributed by atoms with E-state index in [2.05, 4.69) is 14.9 Å². The molecule has 0 atom stereocenters. The number of H-pyrrole nitrogens is 1. The maximum absolute atomic E-state index is 11.8. The second kappa shape index (κ2) is 6.78. The molecular weight excluding hydrogens is 334 g/mol. The van der Waals surface area contributed by atoms with Crippen molar-refractivity contribution >= 4 is 20.7 Å². The minimum absolute atomic E-state index is 0.193. The zero-order valence-electron chi connectivity index (χ0n) is 13.3. The molecule has 1 aliphatic rings. The maximum atomic E-state index is 11.8. The summed E-state index contributed by atoms with van der Waals surface area (Å²) in [7, 11) is -1.37. The highest BCUT2D eigenvalue weighted by molar-refractivity contribution is 7.91. The third-order valence-electron chi connectivity index (χ3n) is 4.03. The van der Waals surface area contributed by atoms with Crippen molar-refractivity contribution in [3.05, 3.63) is 28.8 Å². The number of hydrogen-bond donors (Lipinski definition) is 1. The lowest BCUT2D eigenvalue weighted by Crippen LogP contribution is -2.42. The number of methoxy groups -OCH3 is 1. The second-order valence-electron chi connectivity index (χ2n) is 5.59. The molecule has 0 bridgehead atoms. The number of nitrogens with zero attached hydrogens (tertiary/aromatic N) is 2. The van der Waals surface area contributed by atoms with E-state index in [1.54, 1.807) is 12.1 Å². The molecule has 0 unspecified atom stereocenters. The fourth-order valence-corrected chi connectivity index (χ4v) is 3.88. The fraction of sp³-hybridized carbons (Fsp3) is 0.467. The van der Waals surface area contributed by atoms with E-state index in [9.17, 15) is 13.2 Å². The van der Waals surface area contributed by atoms with E-state index in [-0.39, 0.29) is 17.1 Å². The van der Waals surface area contributed by atoms with Crippen molar-refractivity contribution in [1.29, 1.82) is 0 Å². The van der Waals surface area contributed by atoms with E-state index in [4.69, 9.17) is 9.47 Å². The van der Waals surface area contributed by atoms with Crippen LogP contribution in [0.5, 0.6) is 11.5 Å². The van der Waals surface area contributed by atoms with Crippen LogP contribution in [0, 0.1) is 0 Å². The summed E-state index contributed by atoms with van der Waals surface area (Å²) in [5.41, 5.74) is 0.290. The summed E-state index contributed by atoms with van der Waals surface area (Å²) in [6.07, 6.45) is 1.34. The lowest BCUT2D eigenvalue weighted by Gasteiger charge is -2.26. The summed E-state index contributed by atoms with van der Waals surface area (Å²) in [6, 6.07) is 3.27. The highest BCUT2D eigenvalue weighted by atomic mass is 32.2. The van der Waals surface area contributed by atoms with E-state index in [1.807, 2.05) is 0 Å². The summed E-state index contributed by atoms with van der Waals surface area (Å²) in [5.74, 6) is 1.35. The summed E-state index contributed by atoms with van der Waals surface area (Å²) < 4.78 is 33.9. The molecule has 1 fully saturated rings. The Bertz CT molecular complexity index is 880. The van der Waals surface area contributed by atoms with Gasteiger partial charge in [-0.15, -0.1) is 0 Å². The van der Waals surface area contributed by atoms with Crippen LogP contribution >= 0.6 is 0 Å². The molecule has 0 radical (unpaired) electrons. The van der Waals surface area contributed by atoms with Gasteiger partial charge >= 0.3 is 0 Å². The molecular formula is C15H19N3O5S. The molecule has 3 rings (SSSR count). The first kappa shape index (κ1) is 16.7. The van der Waals surface area contributed by atoms with Crippen molar-refractivity contribution in [3.63, 3.8) is 0 Å². The highest BCUT2D eigenvalue weighted by Crippen LogP contribution is 2.30. The molecule has 0 spiro atoms.